The van der Waals surface area contributed by atoms with Crippen LogP contribution in [0.4, 0.5) is 0 Å². The van der Waals surface area contributed by atoms with Crippen LogP contribution >= 0.6 is 24.8 Å². The largest absolute Gasteiger partial charge is 0.497 e. The van der Waals surface area contributed by atoms with Crippen molar-refractivity contribution >= 4 is 30.7 Å². The fourth-order valence-electron chi connectivity index (χ4n) is 2.85. The zero-order valence-electron chi connectivity index (χ0n) is 15.0. The maximum Gasteiger partial charge on any atom is 0.221 e. The highest BCUT2D eigenvalue weighted by Crippen LogP contribution is 2.24. The predicted molar refractivity (Wildman–Crippen MR) is 104 cm³/mol. The molecule has 1 heterocycles. The van der Waals surface area contributed by atoms with Crippen molar-refractivity contribution in [2.24, 2.45) is 0 Å². The third-order valence-corrected chi connectivity index (χ3v) is 4.06. The van der Waals surface area contributed by atoms with Gasteiger partial charge in [-0.05, 0) is 31.2 Å². The number of nitrogens with zero attached hydrogens (tertiary/aromatic N) is 1. The monoisotopic (exact) mass is 393 g/mol. The molecule has 1 aliphatic rings. The summed E-state index contributed by atoms with van der Waals surface area (Å²) in [6.45, 7) is 3.41. The number of amides is 1. The van der Waals surface area contributed by atoms with Crippen LogP contribution in [0, 0.1) is 0 Å². The van der Waals surface area contributed by atoms with Crippen LogP contribution in [-0.2, 0) is 11.3 Å². The summed E-state index contributed by atoms with van der Waals surface area (Å²) in [4.78, 5) is 14.1. The van der Waals surface area contributed by atoms with E-state index in [0.717, 1.165) is 43.1 Å². The minimum Gasteiger partial charge on any atom is -0.497 e. The Balaban J connectivity index is 0.00000288. The predicted octanol–water partition coefficient (Wildman–Crippen LogP) is 1.85. The van der Waals surface area contributed by atoms with Crippen molar-refractivity contribution < 1.29 is 14.3 Å². The van der Waals surface area contributed by atoms with Gasteiger partial charge in [-0.15, -0.1) is 24.8 Å². The normalized spacial score (nSPS) is 16.5. The molecule has 25 heavy (non-hydrogen) atoms. The van der Waals surface area contributed by atoms with Gasteiger partial charge in [0.1, 0.15) is 11.5 Å². The zero-order valence-corrected chi connectivity index (χ0v) is 16.7. The molecule has 1 amide bonds. The number of hydrogen-bond acceptors (Lipinski definition) is 5. The highest BCUT2D eigenvalue weighted by Gasteiger charge is 2.23. The molecule has 8 heteroatoms. The van der Waals surface area contributed by atoms with E-state index in [2.05, 4.69) is 15.5 Å². The van der Waals surface area contributed by atoms with Crippen LogP contribution in [0.3, 0.4) is 0 Å². The molecule has 2 rings (SSSR count). The molecule has 0 spiro atoms. The lowest BCUT2D eigenvalue weighted by atomic mass is 10.2. The van der Waals surface area contributed by atoms with Crippen LogP contribution in [0.15, 0.2) is 18.2 Å². The SMILES string of the molecule is CNCCC(=O)NC1CCN(Cc2cc(OC)cc(OC)c2)C1.Cl.Cl. The van der Waals surface area contributed by atoms with Gasteiger partial charge in [0.25, 0.3) is 0 Å². The van der Waals surface area contributed by atoms with E-state index in [9.17, 15) is 4.79 Å². The van der Waals surface area contributed by atoms with Crippen molar-refractivity contribution in [3.63, 3.8) is 0 Å². The maximum absolute atomic E-state index is 11.8. The van der Waals surface area contributed by atoms with Gasteiger partial charge >= 0.3 is 0 Å². The van der Waals surface area contributed by atoms with Crippen molar-refractivity contribution in [2.45, 2.75) is 25.4 Å². The summed E-state index contributed by atoms with van der Waals surface area (Å²) in [6, 6.07) is 6.17. The van der Waals surface area contributed by atoms with E-state index in [0.29, 0.717) is 13.0 Å². The maximum atomic E-state index is 11.8. The Labute approximate surface area is 162 Å². The van der Waals surface area contributed by atoms with E-state index >= 15 is 0 Å². The average molecular weight is 394 g/mol. The minimum atomic E-state index is 0. The first-order valence-corrected chi connectivity index (χ1v) is 8.03. The summed E-state index contributed by atoms with van der Waals surface area (Å²) in [7, 11) is 5.17. The van der Waals surface area contributed by atoms with Crippen LogP contribution in [0.2, 0.25) is 0 Å². The Hall–Kier alpha value is -1.21. The number of nitrogens with one attached hydrogen (secondary N) is 2. The van der Waals surface area contributed by atoms with Crippen molar-refractivity contribution in [1.82, 2.24) is 15.5 Å². The van der Waals surface area contributed by atoms with Crippen LogP contribution in [0.25, 0.3) is 0 Å². The molecule has 0 aromatic heterocycles. The summed E-state index contributed by atoms with van der Waals surface area (Å²) in [5.41, 5.74) is 1.16. The lowest BCUT2D eigenvalue weighted by Gasteiger charge is -2.18. The van der Waals surface area contributed by atoms with Crippen LogP contribution in [-0.4, -0.2) is 57.8 Å². The summed E-state index contributed by atoms with van der Waals surface area (Å²) < 4.78 is 10.6. The van der Waals surface area contributed by atoms with Gasteiger partial charge in [0.15, 0.2) is 0 Å². The van der Waals surface area contributed by atoms with Crippen molar-refractivity contribution in [3.05, 3.63) is 23.8 Å². The first kappa shape index (κ1) is 23.8. The summed E-state index contributed by atoms with van der Waals surface area (Å²) in [6.07, 6.45) is 1.52. The average Bonchev–Trinajstić information content (AvgIpc) is 2.99. The second-order valence-electron chi connectivity index (χ2n) is 5.86. The smallest absolute Gasteiger partial charge is 0.221 e. The molecule has 1 aromatic carbocycles. The molecular weight excluding hydrogens is 365 g/mol. The number of methoxy groups -OCH3 is 2. The van der Waals surface area contributed by atoms with Gasteiger partial charge in [-0.1, -0.05) is 0 Å². The molecule has 1 fully saturated rings. The topological polar surface area (TPSA) is 62.8 Å². The van der Waals surface area contributed by atoms with Crippen molar-refractivity contribution in [2.75, 3.05) is 40.9 Å². The van der Waals surface area contributed by atoms with Crippen LogP contribution in [0.5, 0.6) is 11.5 Å². The van der Waals surface area contributed by atoms with Gasteiger partial charge in [0.2, 0.25) is 5.91 Å². The Bertz CT molecular complexity index is 510. The number of ether oxygens (including phenoxy) is 2. The van der Waals surface area contributed by atoms with E-state index in [4.69, 9.17) is 9.47 Å². The summed E-state index contributed by atoms with van der Waals surface area (Å²) in [5, 5.41) is 6.10. The number of likely N-dealkylation sites (tertiary alicyclic amines) is 1. The molecule has 0 bridgehead atoms. The standard InChI is InChI=1S/C17H27N3O3.2ClH/c1-18-6-4-17(21)19-14-5-7-20(12-14)11-13-8-15(22-2)10-16(9-13)23-3;;/h8-10,14,18H,4-7,11-12H2,1-3H3,(H,19,21);2*1H. The highest BCUT2D eigenvalue weighted by atomic mass is 35.5. The molecule has 0 saturated carbocycles. The fourth-order valence-corrected chi connectivity index (χ4v) is 2.85. The summed E-state index contributed by atoms with van der Waals surface area (Å²) >= 11 is 0. The van der Waals surface area contributed by atoms with Crippen molar-refractivity contribution in [1.29, 1.82) is 0 Å². The van der Waals surface area contributed by atoms with E-state index < -0.39 is 0 Å². The molecule has 144 valence electrons. The molecular formula is C17H29Cl2N3O3. The highest BCUT2D eigenvalue weighted by molar-refractivity contribution is 5.85. The molecule has 1 unspecified atom stereocenters. The first-order valence-electron chi connectivity index (χ1n) is 8.03. The van der Waals surface area contributed by atoms with Gasteiger partial charge in [0.05, 0.1) is 14.2 Å². The number of carbonyl (C=O) groups is 1. The van der Waals surface area contributed by atoms with Crippen LogP contribution in [0.1, 0.15) is 18.4 Å². The second kappa shape index (κ2) is 12.2. The Morgan fingerprint density at radius 2 is 1.84 bits per heavy atom. The summed E-state index contributed by atoms with van der Waals surface area (Å²) in [5.74, 6) is 1.72. The van der Waals surface area contributed by atoms with Crippen molar-refractivity contribution in [3.8, 4) is 11.5 Å². The van der Waals surface area contributed by atoms with E-state index in [1.54, 1.807) is 14.2 Å². The lowest BCUT2D eigenvalue weighted by Crippen LogP contribution is -2.37. The molecule has 1 atom stereocenters. The number of carbonyl (C=O) groups excluding carboxylic acids is 1. The van der Waals surface area contributed by atoms with Gasteiger partial charge in [-0.2, -0.15) is 0 Å². The zero-order chi connectivity index (χ0) is 16.7. The second-order valence-corrected chi connectivity index (χ2v) is 5.86. The molecule has 1 saturated heterocycles. The Kier molecular flexibility index (Phi) is 11.6. The molecule has 1 aliphatic heterocycles. The van der Waals surface area contributed by atoms with Crippen LogP contribution < -0.4 is 20.1 Å². The van der Waals surface area contributed by atoms with E-state index in [-0.39, 0.29) is 36.8 Å². The fraction of sp³-hybridized carbons (Fsp3) is 0.588. The molecule has 1 aromatic rings. The first-order chi connectivity index (χ1) is 11.1. The van der Waals surface area contributed by atoms with Gasteiger partial charge in [-0.25, -0.2) is 0 Å². The molecule has 6 nitrogen and oxygen atoms in total. The number of benzene rings is 1. The third-order valence-electron chi connectivity index (χ3n) is 4.06. The molecule has 0 aliphatic carbocycles. The third kappa shape index (κ3) is 7.69. The Morgan fingerprint density at radius 1 is 1.20 bits per heavy atom. The van der Waals surface area contributed by atoms with Gasteiger partial charge in [-0.3, -0.25) is 9.69 Å². The van der Waals surface area contributed by atoms with E-state index in [1.807, 2.05) is 25.2 Å². The number of rotatable bonds is 8. The van der Waals surface area contributed by atoms with Gasteiger partial charge < -0.3 is 20.1 Å². The van der Waals surface area contributed by atoms with Gasteiger partial charge in [0, 0.05) is 44.7 Å². The lowest BCUT2D eigenvalue weighted by molar-refractivity contribution is -0.121. The number of halogens is 2. The number of hydrogen-bond donors (Lipinski definition) is 2. The van der Waals surface area contributed by atoms with E-state index in [1.165, 1.54) is 0 Å². The quantitative estimate of drug-likeness (QED) is 0.705. The molecule has 2 N–H and O–H groups in total. The minimum absolute atomic E-state index is 0. The Morgan fingerprint density at radius 3 is 2.40 bits per heavy atom. The molecule has 0 radical (unpaired) electrons.